The van der Waals surface area contributed by atoms with Gasteiger partial charge in [-0.05, 0) is 64.2 Å². The van der Waals surface area contributed by atoms with Crippen LogP contribution < -0.4 is 0 Å². The number of aliphatic hydroxyl groups excluding tert-OH is 5. The third kappa shape index (κ3) is 37.7. The third-order valence-electron chi connectivity index (χ3n) is 8.57. The van der Waals surface area contributed by atoms with E-state index in [0.717, 1.165) is 25.7 Å². The predicted molar refractivity (Wildman–Crippen MR) is 237 cm³/mol. The largest absolute Gasteiger partial charge is 0.472 e. The Kier molecular flexibility index (Phi) is 37.7. The number of carbonyl (C=O) groups excluding carboxylic acids is 2. The van der Waals surface area contributed by atoms with Crippen LogP contribution in [0.2, 0.25) is 0 Å². The highest BCUT2D eigenvalue weighted by Crippen LogP contribution is 2.43. The summed E-state index contributed by atoms with van der Waals surface area (Å²) in [6.07, 6.45) is 37.6. The Labute approximate surface area is 359 Å². The van der Waals surface area contributed by atoms with E-state index in [9.17, 15) is 39.5 Å². The van der Waals surface area contributed by atoms with Crippen LogP contribution >= 0.6 is 7.82 Å². The van der Waals surface area contributed by atoms with Gasteiger partial charge >= 0.3 is 19.8 Å². The van der Waals surface area contributed by atoms with Gasteiger partial charge in [-0.2, -0.15) is 0 Å². The molecule has 60 heavy (non-hydrogen) atoms. The summed E-state index contributed by atoms with van der Waals surface area (Å²) in [6, 6.07) is 0. The minimum Gasteiger partial charge on any atom is -0.462 e. The Morgan fingerprint density at radius 2 is 1.22 bits per heavy atom. The zero-order valence-corrected chi connectivity index (χ0v) is 36.9. The number of allylic oxidation sites excluding steroid dienone is 13. The van der Waals surface area contributed by atoms with Gasteiger partial charge in [0.1, 0.15) is 12.7 Å². The third-order valence-corrected chi connectivity index (χ3v) is 9.52. The summed E-state index contributed by atoms with van der Waals surface area (Å²) in [4.78, 5) is 35.0. The minimum absolute atomic E-state index is 0.0327. The van der Waals surface area contributed by atoms with Crippen molar-refractivity contribution in [1.29, 1.82) is 0 Å². The second kappa shape index (κ2) is 39.9. The van der Waals surface area contributed by atoms with Gasteiger partial charge in [-0.15, -0.1) is 0 Å². The Morgan fingerprint density at radius 3 is 1.88 bits per heavy atom. The molecule has 0 amide bonds. The van der Waals surface area contributed by atoms with Crippen molar-refractivity contribution < 1.29 is 63.1 Å². The number of ether oxygens (including phenoxy) is 2. The van der Waals surface area contributed by atoms with Crippen molar-refractivity contribution in [1.82, 2.24) is 0 Å². The zero-order valence-electron chi connectivity index (χ0n) is 36.0. The molecule has 0 heterocycles. The maximum absolute atomic E-state index is 12.6. The standard InChI is InChI=1S/C46H75O13P/c1-3-5-7-8-9-10-11-12-13-14-15-16-17-18-19-24-28-34-46(53)59-42(39-58-60(54,55)57-37-41(49)36-47)38-56-45(52)35-29-33-44(51)43(50)32-27-23-21-20-22-26-31-40(48)30-25-6-4-2/h6,12-13,15-16,18-23,25-27,31-32,40-44,47-51H,3-5,7-11,14,17,24,28-30,33-39H2,1-2H3,(H,54,55)/b13-12-,16-15-,19-18-,22-20+,23-21-,25-6-,31-26+,32-27-/t40-,41+,42-,43+,44+/m1/s1. The molecule has 0 aliphatic rings. The van der Waals surface area contributed by atoms with Crippen molar-refractivity contribution in [2.45, 2.75) is 154 Å². The number of unbranched alkanes of at least 4 members (excludes halogenated alkanes) is 7. The average Bonchev–Trinajstić information content (AvgIpc) is 3.22. The monoisotopic (exact) mass is 866 g/mol. The van der Waals surface area contributed by atoms with E-state index >= 15 is 0 Å². The Balaban J connectivity index is 4.73. The number of hydrogen-bond acceptors (Lipinski definition) is 12. The molecule has 0 radical (unpaired) electrons. The first-order valence-electron chi connectivity index (χ1n) is 21.5. The van der Waals surface area contributed by atoms with Crippen molar-refractivity contribution in [3.63, 3.8) is 0 Å². The smallest absolute Gasteiger partial charge is 0.462 e. The van der Waals surface area contributed by atoms with Gasteiger partial charge in [0.25, 0.3) is 0 Å². The van der Waals surface area contributed by atoms with Gasteiger partial charge in [-0.25, -0.2) is 4.57 Å². The fourth-order valence-corrected chi connectivity index (χ4v) is 5.90. The number of phosphoric acid groups is 1. The molecule has 0 aliphatic heterocycles. The van der Waals surface area contributed by atoms with Crippen LogP contribution in [0.15, 0.2) is 97.2 Å². The fourth-order valence-electron chi connectivity index (χ4n) is 5.11. The summed E-state index contributed by atoms with van der Waals surface area (Å²) >= 11 is 0. The molecule has 342 valence electrons. The molecular formula is C46H75O13P. The van der Waals surface area contributed by atoms with E-state index in [2.05, 4.69) is 35.8 Å². The van der Waals surface area contributed by atoms with E-state index in [0.29, 0.717) is 19.3 Å². The number of phosphoric ester groups is 1. The molecule has 14 heteroatoms. The predicted octanol–water partition coefficient (Wildman–Crippen LogP) is 8.13. The lowest BCUT2D eigenvalue weighted by molar-refractivity contribution is -0.161. The number of rotatable bonds is 38. The molecule has 13 nitrogen and oxygen atoms in total. The van der Waals surface area contributed by atoms with Gasteiger partial charge in [0.15, 0.2) is 6.10 Å². The quantitative estimate of drug-likeness (QED) is 0.0114. The Bertz CT molecular complexity index is 1370. The lowest BCUT2D eigenvalue weighted by Gasteiger charge is -2.20. The molecule has 0 aliphatic carbocycles. The van der Waals surface area contributed by atoms with Crippen LogP contribution in [0.4, 0.5) is 0 Å². The minimum atomic E-state index is -4.72. The molecule has 6 atom stereocenters. The molecular weight excluding hydrogens is 791 g/mol. The lowest BCUT2D eigenvalue weighted by atomic mass is 10.1. The normalized spacial score (nSPS) is 16.3. The van der Waals surface area contributed by atoms with Crippen molar-refractivity contribution in [2.75, 3.05) is 26.4 Å². The zero-order chi connectivity index (χ0) is 44.5. The van der Waals surface area contributed by atoms with E-state index in [1.807, 2.05) is 31.2 Å². The molecule has 0 spiro atoms. The van der Waals surface area contributed by atoms with Gasteiger partial charge in [-0.1, -0.05) is 143 Å². The summed E-state index contributed by atoms with van der Waals surface area (Å²) in [6.45, 7) is 1.70. The summed E-state index contributed by atoms with van der Waals surface area (Å²) < 4.78 is 32.4. The van der Waals surface area contributed by atoms with E-state index < -0.39 is 76.7 Å². The molecule has 0 aromatic carbocycles. The molecule has 0 aromatic rings. The highest BCUT2D eigenvalue weighted by atomic mass is 31.2. The summed E-state index contributed by atoms with van der Waals surface area (Å²) in [5.74, 6) is -1.33. The first-order chi connectivity index (χ1) is 28.9. The molecule has 0 aromatic heterocycles. The molecule has 0 saturated carbocycles. The van der Waals surface area contributed by atoms with Crippen molar-refractivity contribution in [3.8, 4) is 0 Å². The van der Waals surface area contributed by atoms with Crippen LogP contribution in [0.1, 0.15) is 123 Å². The van der Waals surface area contributed by atoms with Crippen LogP contribution in [0, 0.1) is 0 Å². The van der Waals surface area contributed by atoms with E-state index in [4.69, 9.17) is 19.1 Å². The van der Waals surface area contributed by atoms with E-state index in [1.165, 1.54) is 44.6 Å². The van der Waals surface area contributed by atoms with Gasteiger partial charge in [0.2, 0.25) is 0 Å². The Morgan fingerprint density at radius 1 is 0.633 bits per heavy atom. The SMILES string of the molecule is CC/C=C\C[C@@H](O)/C=C/C=C/C=C\C=C/[C@H](O)[C@@H](O)CCCC(=O)OC[C@H](COP(=O)(O)OC[C@@H](O)CO)OC(=O)CCC/C=C\C/C=C\C/C=C\CCCCCCCC. The Hall–Kier alpha value is -3.23. The molecule has 6 N–H and O–H groups in total. The second-order valence-corrected chi connectivity index (χ2v) is 15.7. The number of hydrogen-bond donors (Lipinski definition) is 6. The highest BCUT2D eigenvalue weighted by Gasteiger charge is 2.27. The van der Waals surface area contributed by atoms with Gasteiger partial charge < -0.3 is 39.9 Å². The first-order valence-corrected chi connectivity index (χ1v) is 23.0. The number of aliphatic hydroxyl groups is 5. The fraction of sp³-hybridized carbons (Fsp3) is 0.609. The number of esters is 2. The van der Waals surface area contributed by atoms with Crippen LogP contribution in [0.3, 0.4) is 0 Å². The van der Waals surface area contributed by atoms with E-state index in [-0.39, 0.29) is 25.7 Å². The molecule has 1 unspecified atom stereocenters. The van der Waals surface area contributed by atoms with Gasteiger partial charge in [0, 0.05) is 12.8 Å². The maximum Gasteiger partial charge on any atom is 0.472 e. The molecule has 0 fully saturated rings. The van der Waals surface area contributed by atoms with E-state index in [1.54, 1.807) is 42.5 Å². The topological polar surface area (TPSA) is 210 Å². The van der Waals surface area contributed by atoms with Crippen LogP contribution in [0.5, 0.6) is 0 Å². The summed E-state index contributed by atoms with van der Waals surface area (Å²) in [5, 5.41) is 48.7. The average molecular weight is 867 g/mol. The number of carbonyl (C=O) groups is 2. The van der Waals surface area contributed by atoms with Gasteiger partial charge in [0.05, 0.1) is 38.1 Å². The first kappa shape index (κ1) is 56.8. The summed E-state index contributed by atoms with van der Waals surface area (Å²) in [7, 11) is -4.72. The van der Waals surface area contributed by atoms with Crippen LogP contribution in [-0.4, -0.2) is 99.3 Å². The highest BCUT2D eigenvalue weighted by molar-refractivity contribution is 7.47. The van der Waals surface area contributed by atoms with Crippen LogP contribution in [-0.2, 0) is 32.7 Å². The van der Waals surface area contributed by atoms with Crippen molar-refractivity contribution in [3.05, 3.63) is 97.2 Å². The second-order valence-electron chi connectivity index (χ2n) is 14.2. The lowest BCUT2D eigenvalue weighted by Crippen LogP contribution is -2.30. The molecule has 0 saturated heterocycles. The molecule has 0 bridgehead atoms. The molecule has 0 rings (SSSR count). The maximum atomic E-state index is 12.6. The van der Waals surface area contributed by atoms with Crippen molar-refractivity contribution >= 4 is 19.8 Å². The van der Waals surface area contributed by atoms with Gasteiger partial charge in [-0.3, -0.25) is 18.6 Å². The van der Waals surface area contributed by atoms with Crippen LogP contribution in [0.25, 0.3) is 0 Å². The van der Waals surface area contributed by atoms with Crippen molar-refractivity contribution in [2.24, 2.45) is 0 Å². The summed E-state index contributed by atoms with van der Waals surface area (Å²) in [5.41, 5.74) is 0.